The molecular formula is C12H15FN2O3. The van der Waals surface area contributed by atoms with Crippen molar-refractivity contribution in [2.24, 2.45) is 0 Å². The van der Waals surface area contributed by atoms with Crippen molar-refractivity contribution < 1.29 is 19.0 Å². The van der Waals surface area contributed by atoms with Gasteiger partial charge in [-0.15, -0.1) is 0 Å². The van der Waals surface area contributed by atoms with Gasteiger partial charge in [0, 0.05) is 25.2 Å². The number of carbonyl (C=O) groups is 1. The molecular weight excluding hydrogens is 239 g/mol. The largest absolute Gasteiger partial charge is 0.478 e. The van der Waals surface area contributed by atoms with Crippen molar-refractivity contribution in [2.75, 3.05) is 26.3 Å². The van der Waals surface area contributed by atoms with Crippen LogP contribution in [0, 0.1) is 5.82 Å². The first-order chi connectivity index (χ1) is 8.66. The van der Waals surface area contributed by atoms with Crippen LogP contribution in [0.2, 0.25) is 0 Å². The molecule has 1 aromatic rings. The molecule has 0 aromatic heterocycles. The van der Waals surface area contributed by atoms with Crippen molar-refractivity contribution >= 4 is 5.97 Å². The predicted octanol–water partition coefficient (Wildman–Crippen LogP) is 0.861. The Morgan fingerprint density at radius 1 is 1.44 bits per heavy atom. The standard InChI is InChI=1S/C12H15FN2O3/c13-11-2-1-9(12(16)17)7-10(11)8-14-15-3-5-18-6-4-15/h1-2,7,14H,3-6,8H2,(H,16,17). The summed E-state index contributed by atoms with van der Waals surface area (Å²) in [6.45, 7) is 3.03. The summed E-state index contributed by atoms with van der Waals surface area (Å²) in [4.78, 5) is 10.8. The van der Waals surface area contributed by atoms with Crippen LogP contribution in [0.3, 0.4) is 0 Å². The van der Waals surface area contributed by atoms with Crippen LogP contribution >= 0.6 is 0 Å². The van der Waals surface area contributed by atoms with Gasteiger partial charge in [-0.25, -0.2) is 14.2 Å². The van der Waals surface area contributed by atoms with E-state index in [0.717, 1.165) is 13.1 Å². The van der Waals surface area contributed by atoms with E-state index in [1.807, 2.05) is 5.01 Å². The average molecular weight is 254 g/mol. The highest BCUT2D eigenvalue weighted by Gasteiger charge is 2.12. The Hall–Kier alpha value is -1.50. The van der Waals surface area contributed by atoms with Crippen molar-refractivity contribution in [3.63, 3.8) is 0 Å². The second-order valence-corrected chi connectivity index (χ2v) is 4.05. The number of carboxylic acid groups (broad SMARTS) is 1. The Kier molecular flexibility index (Phi) is 4.24. The van der Waals surface area contributed by atoms with Gasteiger partial charge in [0.1, 0.15) is 5.82 Å². The van der Waals surface area contributed by atoms with Gasteiger partial charge in [0.2, 0.25) is 0 Å². The number of carboxylic acids is 1. The summed E-state index contributed by atoms with van der Waals surface area (Å²) < 4.78 is 18.7. The van der Waals surface area contributed by atoms with Crippen LogP contribution in [0.5, 0.6) is 0 Å². The van der Waals surface area contributed by atoms with E-state index >= 15 is 0 Å². The van der Waals surface area contributed by atoms with Crippen molar-refractivity contribution in [2.45, 2.75) is 6.54 Å². The maximum Gasteiger partial charge on any atom is 0.335 e. The molecule has 0 aliphatic carbocycles. The number of nitrogens with one attached hydrogen (secondary N) is 1. The smallest absolute Gasteiger partial charge is 0.335 e. The summed E-state index contributed by atoms with van der Waals surface area (Å²) in [7, 11) is 0. The number of rotatable bonds is 4. The molecule has 18 heavy (non-hydrogen) atoms. The molecule has 0 amide bonds. The molecule has 0 atom stereocenters. The highest BCUT2D eigenvalue weighted by atomic mass is 19.1. The molecule has 2 N–H and O–H groups in total. The number of hydrogen-bond acceptors (Lipinski definition) is 4. The topological polar surface area (TPSA) is 61.8 Å². The SMILES string of the molecule is O=C(O)c1ccc(F)c(CNN2CCOCC2)c1. The summed E-state index contributed by atoms with van der Waals surface area (Å²) in [6, 6.07) is 3.79. The van der Waals surface area contributed by atoms with Crippen LogP contribution in [-0.2, 0) is 11.3 Å². The third-order valence-electron chi connectivity index (χ3n) is 2.80. The fraction of sp³-hybridized carbons (Fsp3) is 0.417. The van der Waals surface area contributed by atoms with Crippen LogP contribution in [0.15, 0.2) is 18.2 Å². The van der Waals surface area contributed by atoms with E-state index in [1.54, 1.807) is 0 Å². The lowest BCUT2D eigenvalue weighted by molar-refractivity contribution is 0.0104. The van der Waals surface area contributed by atoms with Gasteiger partial charge in [0.05, 0.1) is 18.8 Å². The first-order valence-corrected chi connectivity index (χ1v) is 5.75. The second kappa shape index (κ2) is 5.90. The van der Waals surface area contributed by atoms with Crippen LogP contribution in [-0.4, -0.2) is 42.4 Å². The van der Waals surface area contributed by atoms with Crippen molar-refractivity contribution in [3.05, 3.63) is 35.1 Å². The summed E-state index contributed by atoms with van der Waals surface area (Å²) >= 11 is 0. The third kappa shape index (κ3) is 3.25. The number of hydrazine groups is 1. The monoisotopic (exact) mass is 254 g/mol. The maximum absolute atomic E-state index is 13.5. The zero-order valence-corrected chi connectivity index (χ0v) is 9.86. The first kappa shape index (κ1) is 12.9. The van der Waals surface area contributed by atoms with E-state index in [4.69, 9.17) is 9.84 Å². The van der Waals surface area contributed by atoms with E-state index in [1.165, 1.54) is 18.2 Å². The lowest BCUT2D eigenvalue weighted by atomic mass is 10.1. The van der Waals surface area contributed by atoms with Gasteiger partial charge < -0.3 is 9.84 Å². The first-order valence-electron chi connectivity index (χ1n) is 5.75. The van der Waals surface area contributed by atoms with Crippen molar-refractivity contribution in [3.8, 4) is 0 Å². The minimum atomic E-state index is -1.05. The van der Waals surface area contributed by atoms with Crippen LogP contribution in [0.1, 0.15) is 15.9 Å². The quantitative estimate of drug-likeness (QED) is 0.834. The molecule has 1 heterocycles. The van der Waals surface area contributed by atoms with Gasteiger partial charge in [-0.2, -0.15) is 0 Å². The number of benzene rings is 1. The highest BCUT2D eigenvalue weighted by molar-refractivity contribution is 5.87. The zero-order chi connectivity index (χ0) is 13.0. The van der Waals surface area contributed by atoms with Gasteiger partial charge in [-0.1, -0.05) is 0 Å². The molecule has 5 nitrogen and oxygen atoms in total. The van der Waals surface area contributed by atoms with Gasteiger partial charge in [-0.3, -0.25) is 5.43 Å². The Labute approximate surface area is 104 Å². The molecule has 0 radical (unpaired) electrons. The molecule has 0 unspecified atom stereocenters. The van der Waals surface area contributed by atoms with Gasteiger partial charge in [0.15, 0.2) is 0 Å². The van der Waals surface area contributed by atoms with Crippen molar-refractivity contribution in [1.82, 2.24) is 10.4 Å². The summed E-state index contributed by atoms with van der Waals surface area (Å²) in [5.41, 5.74) is 3.51. The number of hydrogen-bond donors (Lipinski definition) is 2. The Balaban J connectivity index is 1.99. The highest BCUT2D eigenvalue weighted by Crippen LogP contribution is 2.11. The minimum Gasteiger partial charge on any atom is -0.478 e. The Morgan fingerprint density at radius 3 is 2.83 bits per heavy atom. The van der Waals surface area contributed by atoms with Crippen LogP contribution < -0.4 is 5.43 Å². The second-order valence-electron chi connectivity index (χ2n) is 4.05. The summed E-state index contributed by atoms with van der Waals surface area (Å²) in [5.74, 6) is -1.46. The Bertz CT molecular complexity index is 433. The summed E-state index contributed by atoms with van der Waals surface area (Å²) in [6.07, 6.45) is 0. The van der Waals surface area contributed by atoms with E-state index in [9.17, 15) is 9.18 Å². The van der Waals surface area contributed by atoms with E-state index in [2.05, 4.69) is 5.43 Å². The molecule has 1 aliphatic heterocycles. The lowest BCUT2D eigenvalue weighted by Gasteiger charge is -2.27. The Morgan fingerprint density at radius 2 is 2.17 bits per heavy atom. The molecule has 1 fully saturated rings. The molecule has 1 aromatic carbocycles. The van der Waals surface area contributed by atoms with Crippen molar-refractivity contribution in [1.29, 1.82) is 0 Å². The van der Waals surface area contributed by atoms with Gasteiger partial charge in [-0.05, 0) is 18.2 Å². The third-order valence-corrected chi connectivity index (χ3v) is 2.80. The molecule has 1 saturated heterocycles. The molecule has 2 rings (SSSR count). The van der Waals surface area contributed by atoms with Crippen LogP contribution in [0.4, 0.5) is 4.39 Å². The van der Waals surface area contributed by atoms with Crippen LogP contribution in [0.25, 0.3) is 0 Å². The molecule has 0 bridgehead atoms. The molecule has 6 heteroatoms. The molecule has 0 saturated carbocycles. The molecule has 0 spiro atoms. The molecule has 1 aliphatic rings. The predicted molar refractivity (Wildman–Crippen MR) is 62.6 cm³/mol. The number of ether oxygens (including phenoxy) is 1. The average Bonchev–Trinajstić information content (AvgIpc) is 2.38. The van der Waals surface area contributed by atoms with E-state index < -0.39 is 11.8 Å². The fourth-order valence-electron chi connectivity index (χ4n) is 1.76. The normalized spacial score (nSPS) is 16.7. The number of halogens is 1. The summed E-state index contributed by atoms with van der Waals surface area (Å²) in [5, 5.41) is 10.8. The number of morpholine rings is 1. The lowest BCUT2D eigenvalue weighted by Crippen LogP contribution is -2.45. The van der Waals surface area contributed by atoms with Gasteiger partial charge >= 0.3 is 5.97 Å². The maximum atomic E-state index is 13.5. The zero-order valence-electron chi connectivity index (χ0n) is 9.86. The van der Waals surface area contributed by atoms with E-state index in [-0.39, 0.29) is 12.1 Å². The van der Waals surface area contributed by atoms with E-state index in [0.29, 0.717) is 18.8 Å². The fourth-order valence-corrected chi connectivity index (χ4v) is 1.76. The van der Waals surface area contributed by atoms with Gasteiger partial charge in [0.25, 0.3) is 0 Å². The number of nitrogens with zero attached hydrogens (tertiary/aromatic N) is 1. The molecule has 98 valence electrons. The minimum absolute atomic E-state index is 0.0928. The number of aromatic carboxylic acids is 1.